The first kappa shape index (κ1) is 14.2. The zero-order chi connectivity index (χ0) is 15.9. The highest BCUT2D eigenvalue weighted by Gasteiger charge is 2.44. The lowest BCUT2D eigenvalue weighted by atomic mass is 10.1. The molecule has 1 aromatic carbocycles. The Morgan fingerprint density at radius 1 is 1.27 bits per heavy atom. The number of benzene rings is 1. The lowest BCUT2D eigenvalue weighted by molar-refractivity contribution is -0.130. The van der Waals surface area contributed by atoms with Gasteiger partial charge in [0.25, 0.3) is 5.91 Å². The van der Waals surface area contributed by atoms with Gasteiger partial charge in [-0.1, -0.05) is 0 Å². The molecule has 2 aromatic rings. The van der Waals surface area contributed by atoms with E-state index >= 15 is 0 Å². The molecule has 0 aliphatic carbocycles. The Balaban J connectivity index is 1.79. The summed E-state index contributed by atoms with van der Waals surface area (Å²) in [7, 11) is 0. The van der Waals surface area contributed by atoms with Crippen molar-refractivity contribution in [3.63, 3.8) is 0 Å². The Morgan fingerprint density at radius 3 is 2.55 bits per heavy atom. The second-order valence-corrected chi connectivity index (χ2v) is 5.60. The second kappa shape index (κ2) is 4.94. The molecule has 0 unspecified atom stereocenters. The van der Waals surface area contributed by atoms with Crippen molar-refractivity contribution >= 4 is 11.9 Å². The summed E-state index contributed by atoms with van der Waals surface area (Å²) < 4.78 is 18.2. The lowest BCUT2D eigenvalue weighted by Gasteiger charge is -2.14. The van der Waals surface area contributed by atoms with E-state index in [-0.39, 0.29) is 18.3 Å². The summed E-state index contributed by atoms with van der Waals surface area (Å²) in [5.74, 6) is -0.359. The molecule has 114 valence electrons. The third-order valence-electron chi connectivity index (χ3n) is 3.41. The van der Waals surface area contributed by atoms with E-state index in [1.54, 1.807) is 26.0 Å². The highest BCUT2D eigenvalue weighted by atomic mass is 19.1. The second-order valence-electron chi connectivity index (χ2n) is 5.60. The maximum Gasteiger partial charge on any atom is 0.325 e. The van der Waals surface area contributed by atoms with Gasteiger partial charge in [0.05, 0.1) is 12.2 Å². The first-order valence-corrected chi connectivity index (χ1v) is 6.71. The molecular formula is C15H14FN3O3. The molecule has 0 saturated carbocycles. The van der Waals surface area contributed by atoms with E-state index in [1.807, 2.05) is 0 Å². The first-order valence-electron chi connectivity index (χ1n) is 6.71. The van der Waals surface area contributed by atoms with Crippen molar-refractivity contribution in [2.24, 2.45) is 0 Å². The average molecular weight is 303 g/mol. The minimum Gasteiger partial charge on any atom is -0.444 e. The van der Waals surface area contributed by atoms with E-state index in [1.165, 1.54) is 18.4 Å². The molecule has 1 N–H and O–H groups in total. The summed E-state index contributed by atoms with van der Waals surface area (Å²) in [5, 5.41) is 2.60. The Kier molecular flexibility index (Phi) is 3.20. The maximum atomic E-state index is 12.9. The largest absolute Gasteiger partial charge is 0.444 e. The van der Waals surface area contributed by atoms with Crippen LogP contribution in [0.25, 0.3) is 11.5 Å². The summed E-state index contributed by atoms with van der Waals surface area (Å²) in [6.45, 7) is 3.30. The van der Waals surface area contributed by atoms with Crippen LogP contribution in [0.4, 0.5) is 9.18 Å². The van der Waals surface area contributed by atoms with Crippen molar-refractivity contribution in [2.75, 3.05) is 0 Å². The van der Waals surface area contributed by atoms with Crippen LogP contribution in [0.5, 0.6) is 0 Å². The number of rotatable bonds is 3. The third kappa shape index (κ3) is 2.45. The van der Waals surface area contributed by atoms with Gasteiger partial charge in [0, 0.05) is 5.56 Å². The number of amides is 3. The van der Waals surface area contributed by atoms with Gasteiger partial charge in [0.1, 0.15) is 17.6 Å². The van der Waals surface area contributed by atoms with Crippen molar-refractivity contribution in [3.05, 3.63) is 42.0 Å². The van der Waals surface area contributed by atoms with Gasteiger partial charge in [-0.05, 0) is 38.1 Å². The molecule has 2 heterocycles. The number of nitrogens with one attached hydrogen (secondary N) is 1. The Hall–Kier alpha value is -2.70. The number of carbonyl (C=O) groups excluding carboxylic acids is 2. The number of nitrogens with zero attached hydrogens (tertiary/aromatic N) is 2. The quantitative estimate of drug-likeness (QED) is 0.883. The Bertz CT molecular complexity index is 737. The highest BCUT2D eigenvalue weighted by Crippen LogP contribution is 2.22. The van der Waals surface area contributed by atoms with Gasteiger partial charge >= 0.3 is 6.03 Å². The van der Waals surface area contributed by atoms with Crippen molar-refractivity contribution in [2.45, 2.75) is 25.9 Å². The molecule has 1 fully saturated rings. The molecule has 1 saturated heterocycles. The van der Waals surface area contributed by atoms with Gasteiger partial charge in [-0.15, -0.1) is 0 Å². The third-order valence-corrected chi connectivity index (χ3v) is 3.41. The van der Waals surface area contributed by atoms with Gasteiger partial charge in [-0.3, -0.25) is 9.69 Å². The van der Waals surface area contributed by atoms with E-state index in [0.29, 0.717) is 17.1 Å². The van der Waals surface area contributed by atoms with Crippen LogP contribution >= 0.6 is 0 Å². The van der Waals surface area contributed by atoms with Gasteiger partial charge in [0.2, 0.25) is 5.89 Å². The predicted molar refractivity (Wildman–Crippen MR) is 75.1 cm³/mol. The van der Waals surface area contributed by atoms with Crippen LogP contribution < -0.4 is 5.32 Å². The fourth-order valence-corrected chi connectivity index (χ4v) is 2.23. The number of imide groups is 1. The van der Waals surface area contributed by atoms with E-state index in [9.17, 15) is 14.0 Å². The van der Waals surface area contributed by atoms with Gasteiger partial charge in [-0.25, -0.2) is 14.2 Å². The lowest BCUT2D eigenvalue weighted by Crippen LogP contribution is -2.40. The molecule has 0 bridgehead atoms. The molecule has 6 nitrogen and oxygen atoms in total. The van der Waals surface area contributed by atoms with E-state index < -0.39 is 11.6 Å². The number of oxazole rings is 1. The van der Waals surface area contributed by atoms with Crippen LogP contribution in [0.15, 0.2) is 34.9 Å². The molecule has 1 aliphatic rings. The van der Waals surface area contributed by atoms with Crippen molar-refractivity contribution in [3.8, 4) is 11.5 Å². The standard InChI is InChI=1S/C15H14FN3O3/c1-15(2)13(20)19(14(21)18-15)7-11-8-22-12(17-11)9-3-5-10(16)6-4-9/h3-6,8H,7H2,1-2H3,(H,18,21). The molecule has 1 aromatic heterocycles. The van der Waals surface area contributed by atoms with Gasteiger partial charge in [0.15, 0.2) is 0 Å². The molecule has 0 radical (unpaired) electrons. The summed E-state index contributed by atoms with van der Waals surface area (Å²) >= 11 is 0. The fourth-order valence-electron chi connectivity index (χ4n) is 2.23. The number of urea groups is 1. The van der Waals surface area contributed by atoms with Crippen molar-refractivity contribution < 1.29 is 18.4 Å². The molecule has 0 atom stereocenters. The zero-order valence-electron chi connectivity index (χ0n) is 12.1. The number of hydrogen-bond donors (Lipinski definition) is 1. The van der Waals surface area contributed by atoms with Crippen LogP contribution in [0.3, 0.4) is 0 Å². The molecule has 22 heavy (non-hydrogen) atoms. The molecule has 3 rings (SSSR count). The van der Waals surface area contributed by atoms with Crippen LogP contribution in [0.1, 0.15) is 19.5 Å². The van der Waals surface area contributed by atoms with E-state index in [0.717, 1.165) is 4.90 Å². The van der Waals surface area contributed by atoms with Gasteiger partial charge in [-0.2, -0.15) is 0 Å². The number of carbonyl (C=O) groups is 2. The highest BCUT2D eigenvalue weighted by molar-refractivity contribution is 6.06. The smallest absolute Gasteiger partial charge is 0.325 e. The van der Waals surface area contributed by atoms with Crippen LogP contribution in [0, 0.1) is 5.82 Å². The number of halogens is 1. The summed E-state index contributed by atoms with van der Waals surface area (Å²) in [5.41, 5.74) is 0.145. The Morgan fingerprint density at radius 2 is 1.95 bits per heavy atom. The van der Waals surface area contributed by atoms with Crippen LogP contribution in [0.2, 0.25) is 0 Å². The SMILES string of the molecule is CC1(C)NC(=O)N(Cc2coc(-c3ccc(F)cc3)n2)C1=O. The summed E-state index contributed by atoms with van der Waals surface area (Å²) in [6.07, 6.45) is 1.38. The van der Waals surface area contributed by atoms with Crippen molar-refractivity contribution in [1.82, 2.24) is 15.2 Å². The van der Waals surface area contributed by atoms with Crippen LogP contribution in [-0.2, 0) is 11.3 Å². The van der Waals surface area contributed by atoms with Crippen LogP contribution in [-0.4, -0.2) is 27.4 Å². The Labute approximate surface area is 125 Å². The molecule has 1 aliphatic heterocycles. The number of aromatic nitrogens is 1. The topological polar surface area (TPSA) is 75.4 Å². The van der Waals surface area contributed by atoms with Crippen molar-refractivity contribution in [1.29, 1.82) is 0 Å². The predicted octanol–water partition coefficient (Wildman–Crippen LogP) is 2.31. The summed E-state index contributed by atoms with van der Waals surface area (Å²) in [6, 6.07) is 5.24. The molecule has 0 spiro atoms. The normalized spacial score (nSPS) is 17.0. The molecule has 7 heteroatoms. The number of hydrogen-bond acceptors (Lipinski definition) is 4. The maximum absolute atomic E-state index is 12.9. The van der Waals surface area contributed by atoms with E-state index in [2.05, 4.69) is 10.3 Å². The first-order chi connectivity index (χ1) is 10.4. The molecule has 3 amide bonds. The van der Waals surface area contributed by atoms with E-state index in [4.69, 9.17) is 4.42 Å². The minimum absolute atomic E-state index is 0.0266. The summed E-state index contributed by atoms with van der Waals surface area (Å²) in [4.78, 5) is 29.2. The van der Waals surface area contributed by atoms with Gasteiger partial charge < -0.3 is 9.73 Å². The molecular weight excluding hydrogens is 289 g/mol. The average Bonchev–Trinajstić information content (AvgIpc) is 2.99. The monoisotopic (exact) mass is 303 g/mol. The minimum atomic E-state index is -0.916. The fraction of sp³-hybridized carbons (Fsp3) is 0.267. The zero-order valence-corrected chi connectivity index (χ0v) is 12.1.